The monoisotopic (exact) mass is 249 g/mol. The first-order valence-electron chi connectivity index (χ1n) is 5.57. The topological polar surface area (TPSA) is 43.8 Å². The number of aryl methyl sites for hydroxylation is 2. The molecule has 3 nitrogen and oxygen atoms in total. The van der Waals surface area contributed by atoms with Crippen LogP contribution in [-0.4, -0.2) is 9.78 Å². The summed E-state index contributed by atoms with van der Waals surface area (Å²) >= 11 is 6.05. The van der Waals surface area contributed by atoms with E-state index in [1.807, 2.05) is 6.92 Å². The molecular weight excluding hydrogens is 234 g/mol. The first kappa shape index (κ1) is 12.0. The largest absolute Gasteiger partial charge is 0.383 e. The standard InChI is InChI=1S/C13H16ClN3/c1-8-4-6-11(7-5-8)10(3)17-13(15)12(14)9(2)16-17/h4-7,10H,15H2,1-3H3. The number of anilines is 1. The molecule has 17 heavy (non-hydrogen) atoms. The number of hydrogen-bond donors (Lipinski definition) is 1. The molecule has 2 aromatic rings. The Kier molecular flexibility index (Phi) is 3.11. The Balaban J connectivity index is 2.40. The Morgan fingerprint density at radius 1 is 1.24 bits per heavy atom. The molecule has 4 heteroatoms. The molecule has 1 unspecified atom stereocenters. The number of hydrogen-bond acceptors (Lipinski definition) is 2. The van der Waals surface area contributed by atoms with Crippen molar-refractivity contribution in [1.29, 1.82) is 0 Å². The van der Waals surface area contributed by atoms with Gasteiger partial charge in [-0.3, -0.25) is 0 Å². The highest BCUT2D eigenvalue weighted by atomic mass is 35.5. The zero-order valence-corrected chi connectivity index (χ0v) is 11.0. The van der Waals surface area contributed by atoms with E-state index in [-0.39, 0.29) is 6.04 Å². The van der Waals surface area contributed by atoms with Crippen LogP contribution < -0.4 is 5.73 Å². The molecule has 1 atom stereocenters. The summed E-state index contributed by atoms with van der Waals surface area (Å²) in [6.45, 7) is 5.98. The highest BCUT2D eigenvalue weighted by Crippen LogP contribution is 2.28. The molecule has 0 aliphatic carbocycles. The predicted octanol–water partition coefficient (Wildman–Crippen LogP) is 3.34. The van der Waals surface area contributed by atoms with Gasteiger partial charge in [0.2, 0.25) is 0 Å². The zero-order chi connectivity index (χ0) is 12.6. The van der Waals surface area contributed by atoms with Gasteiger partial charge in [0.05, 0.1) is 11.7 Å². The van der Waals surface area contributed by atoms with Crippen molar-refractivity contribution in [3.8, 4) is 0 Å². The summed E-state index contributed by atoms with van der Waals surface area (Å²) in [5, 5.41) is 4.91. The third-order valence-electron chi connectivity index (χ3n) is 2.97. The number of benzene rings is 1. The van der Waals surface area contributed by atoms with Gasteiger partial charge in [-0.15, -0.1) is 0 Å². The van der Waals surface area contributed by atoms with Crippen molar-refractivity contribution >= 4 is 17.4 Å². The predicted molar refractivity (Wildman–Crippen MR) is 71.4 cm³/mol. The van der Waals surface area contributed by atoms with E-state index < -0.39 is 0 Å². The summed E-state index contributed by atoms with van der Waals surface area (Å²) in [6, 6.07) is 8.43. The van der Waals surface area contributed by atoms with Crippen molar-refractivity contribution < 1.29 is 0 Å². The highest BCUT2D eigenvalue weighted by molar-refractivity contribution is 6.33. The van der Waals surface area contributed by atoms with Crippen LogP contribution in [0.2, 0.25) is 5.02 Å². The fourth-order valence-electron chi connectivity index (χ4n) is 1.83. The van der Waals surface area contributed by atoms with E-state index in [1.165, 1.54) is 11.1 Å². The normalized spacial score (nSPS) is 12.7. The Labute approximate surface area is 106 Å². The lowest BCUT2D eigenvalue weighted by Crippen LogP contribution is -2.11. The number of nitrogen functional groups attached to an aromatic ring is 1. The molecule has 0 amide bonds. The minimum Gasteiger partial charge on any atom is -0.383 e. The Morgan fingerprint density at radius 3 is 2.29 bits per heavy atom. The molecule has 0 aliphatic rings. The van der Waals surface area contributed by atoms with Crippen LogP contribution in [0.5, 0.6) is 0 Å². The van der Waals surface area contributed by atoms with Crippen LogP contribution >= 0.6 is 11.6 Å². The molecule has 0 bridgehead atoms. The minimum absolute atomic E-state index is 0.0850. The summed E-state index contributed by atoms with van der Waals surface area (Å²) in [7, 11) is 0. The van der Waals surface area contributed by atoms with Gasteiger partial charge >= 0.3 is 0 Å². The lowest BCUT2D eigenvalue weighted by molar-refractivity contribution is 0.569. The molecule has 0 saturated carbocycles. The van der Waals surface area contributed by atoms with Gasteiger partial charge in [0.1, 0.15) is 10.8 Å². The van der Waals surface area contributed by atoms with Crippen LogP contribution in [-0.2, 0) is 0 Å². The molecule has 2 N–H and O–H groups in total. The number of nitrogens with zero attached hydrogens (tertiary/aromatic N) is 2. The smallest absolute Gasteiger partial charge is 0.141 e. The van der Waals surface area contributed by atoms with Crippen molar-refractivity contribution in [2.45, 2.75) is 26.8 Å². The number of nitrogens with two attached hydrogens (primary N) is 1. The van der Waals surface area contributed by atoms with E-state index in [0.717, 1.165) is 5.69 Å². The van der Waals surface area contributed by atoms with Crippen LogP contribution in [0.3, 0.4) is 0 Å². The Morgan fingerprint density at radius 2 is 1.82 bits per heavy atom. The number of halogens is 1. The van der Waals surface area contributed by atoms with Crippen molar-refractivity contribution in [2.24, 2.45) is 0 Å². The SMILES string of the molecule is Cc1ccc(C(C)n2nc(C)c(Cl)c2N)cc1. The van der Waals surface area contributed by atoms with Crippen molar-refractivity contribution in [3.05, 3.63) is 46.1 Å². The second-order valence-corrected chi connectivity index (χ2v) is 4.69. The fourth-order valence-corrected chi connectivity index (χ4v) is 1.95. The first-order chi connectivity index (χ1) is 8.00. The summed E-state index contributed by atoms with van der Waals surface area (Å²) in [6.07, 6.45) is 0. The van der Waals surface area contributed by atoms with E-state index in [4.69, 9.17) is 17.3 Å². The van der Waals surface area contributed by atoms with Gasteiger partial charge in [0.25, 0.3) is 0 Å². The van der Waals surface area contributed by atoms with Crippen LogP contribution in [0.15, 0.2) is 24.3 Å². The van der Waals surface area contributed by atoms with Crippen LogP contribution in [0.4, 0.5) is 5.82 Å². The maximum absolute atomic E-state index is 6.05. The fraction of sp³-hybridized carbons (Fsp3) is 0.308. The third-order valence-corrected chi connectivity index (χ3v) is 3.44. The molecule has 90 valence electrons. The van der Waals surface area contributed by atoms with E-state index >= 15 is 0 Å². The van der Waals surface area contributed by atoms with Crippen molar-refractivity contribution in [3.63, 3.8) is 0 Å². The van der Waals surface area contributed by atoms with E-state index in [9.17, 15) is 0 Å². The Bertz CT molecular complexity index is 528. The third kappa shape index (κ3) is 2.15. The van der Waals surface area contributed by atoms with E-state index in [2.05, 4.69) is 43.2 Å². The molecule has 0 spiro atoms. The molecule has 0 saturated heterocycles. The molecule has 2 rings (SSSR count). The molecule has 0 fully saturated rings. The van der Waals surface area contributed by atoms with E-state index in [0.29, 0.717) is 10.8 Å². The second kappa shape index (κ2) is 4.41. The second-order valence-electron chi connectivity index (χ2n) is 4.32. The van der Waals surface area contributed by atoms with Gasteiger partial charge < -0.3 is 5.73 Å². The van der Waals surface area contributed by atoms with Gasteiger partial charge in [-0.2, -0.15) is 5.10 Å². The molecule has 0 radical (unpaired) electrons. The van der Waals surface area contributed by atoms with Crippen LogP contribution in [0.1, 0.15) is 29.8 Å². The van der Waals surface area contributed by atoms with Gasteiger partial charge in [-0.1, -0.05) is 41.4 Å². The van der Waals surface area contributed by atoms with Gasteiger partial charge in [0, 0.05) is 0 Å². The lowest BCUT2D eigenvalue weighted by Gasteiger charge is -2.14. The zero-order valence-electron chi connectivity index (χ0n) is 10.2. The molecule has 1 aromatic carbocycles. The van der Waals surface area contributed by atoms with Crippen molar-refractivity contribution in [1.82, 2.24) is 9.78 Å². The molecule has 1 heterocycles. The Hall–Kier alpha value is -1.48. The average Bonchev–Trinajstić information content (AvgIpc) is 2.57. The summed E-state index contributed by atoms with van der Waals surface area (Å²) in [4.78, 5) is 0. The van der Waals surface area contributed by atoms with Crippen LogP contribution in [0, 0.1) is 13.8 Å². The number of rotatable bonds is 2. The summed E-state index contributed by atoms with van der Waals surface area (Å²) < 4.78 is 1.77. The summed E-state index contributed by atoms with van der Waals surface area (Å²) in [5.41, 5.74) is 9.11. The maximum Gasteiger partial charge on any atom is 0.141 e. The maximum atomic E-state index is 6.05. The average molecular weight is 250 g/mol. The van der Waals surface area contributed by atoms with Gasteiger partial charge in [-0.05, 0) is 26.3 Å². The van der Waals surface area contributed by atoms with Crippen molar-refractivity contribution in [2.75, 3.05) is 5.73 Å². The van der Waals surface area contributed by atoms with Gasteiger partial charge in [-0.25, -0.2) is 4.68 Å². The minimum atomic E-state index is 0.0850. The molecule has 0 aliphatic heterocycles. The lowest BCUT2D eigenvalue weighted by atomic mass is 10.1. The molecule has 1 aromatic heterocycles. The first-order valence-corrected chi connectivity index (χ1v) is 5.95. The molecular formula is C13H16ClN3. The highest BCUT2D eigenvalue weighted by Gasteiger charge is 2.16. The quantitative estimate of drug-likeness (QED) is 0.887. The summed E-state index contributed by atoms with van der Waals surface area (Å²) in [5.74, 6) is 0.525. The van der Waals surface area contributed by atoms with Crippen LogP contribution in [0.25, 0.3) is 0 Å². The van der Waals surface area contributed by atoms with E-state index in [1.54, 1.807) is 4.68 Å². The van der Waals surface area contributed by atoms with Gasteiger partial charge in [0.15, 0.2) is 0 Å². The number of aromatic nitrogens is 2.